The molecule has 0 aromatic carbocycles. The molecule has 0 amide bonds. The van der Waals surface area contributed by atoms with Crippen molar-refractivity contribution in [2.24, 2.45) is 0 Å². The first-order valence-corrected chi connectivity index (χ1v) is 3.19. The third-order valence-corrected chi connectivity index (χ3v) is 1.72. The van der Waals surface area contributed by atoms with Gasteiger partial charge in [-0.3, -0.25) is 5.10 Å². The zero-order chi connectivity index (χ0) is 6.10. The Morgan fingerprint density at radius 2 is 2.56 bits per heavy atom. The minimum absolute atomic E-state index is 0.549. The molecule has 1 aliphatic rings. The summed E-state index contributed by atoms with van der Waals surface area (Å²) in [6.45, 7) is 1.14. The van der Waals surface area contributed by atoms with Crippen LogP contribution < -0.4 is 5.32 Å². The molecular formula is C6H9N3. The van der Waals surface area contributed by atoms with Gasteiger partial charge in [0.2, 0.25) is 0 Å². The van der Waals surface area contributed by atoms with Crippen LogP contribution in [0, 0.1) is 0 Å². The minimum atomic E-state index is 0.549. The summed E-state index contributed by atoms with van der Waals surface area (Å²) < 4.78 is 0. The molecule has 3 heteroatoms. The second kappa shape index (κ2) is 1.84. The number of aromatic nitrogens is 2. The fourth-order valence-electron chi connectivity index (χ4n) is 1.01. The van der Waals surface area contributed by atoms with Crippen LogP contribution in [0.25, 0.3) is 0 Å². The normalized spacial score (nSPS) is 25.6. The van der Waals surface area contributed by atoms with E-state index in [4.69, 9.17) is 0 Å². The molecule has 0 saturated carbocycles. The molecule has 2 heterocycles. The van der Waals surface area contributed by atoms with Crippen LogP contribution in [-0.4, -0.2) is 16.7 Å². The number of hydrogen-bond acceptors (Lipinski definition) is 2. The lowest BCUT2D eigenvalue weighted by Gasteiger charge is -2.25. The van der Waals surface area contributed by atoms with Crippen molar-refractivity contribution in [3.05, 3.63) is 18.0 Å². The Balaban J connectivity index is 2.14. The van der Waals surface area contributed by atoms with Gasteiger partial charge in [-0.05, 0) is 19.0 Å². The highest BCUT2D eigenvalue weighted by Gasteiger charge is 2.18. The Labute approximate surface area is 53.5 Å². The standard InChI is InChI=1S/C6H9N3/c1-3-7-5(1)6-2-4-8-9-6/h2,4-5,7H,1,3H2,(H,8,9). The molecule has 3 nitrogen and oxygen atoms in total. The third-order valence-electron chi connectivity index (χ3n) is 1.72. The van der Waals surface area contributed by atoms with E-state index < -0.39 is 0 Å². The molecule has 1 saturated heterocycles. The fraction of sp³-hybridized carbons (Fsp3) is 0.500. The van der Waals surface area contributed by atoms with Crippen LogP contribution in [0.2, 0.25) is 0 Å². The van der Waals surface area contributed by atoms with Crippen molar-refractivity contribution in [2.75, 3.05) is 6.54 Å². The van der Waals surface area contributed by atoms with E-state index in [2.05, 4.69) is 15.5 Å². The lowest BCUT2D eigenvalue weighted by molar-refractivity contribution is 0.375. The van der Waals surface area contributed by atoms with Crippen LogP contribution in [0.3, 0.4) is 0 Å². The van der Waals surface area contributed by atoms with Gasteiger partial charge in [-0.25, -0.2) is 0 Å². The monoisotopic (exact) mass is 123 g/mol. The molecule has 2 N–H and O–H groups in total. The maximum Gasteiger partial charge on any atom is 0.0522 e. The van der Waals surface area contributed by atoms with Crippen molar-refractivity contribution in [2.45, 2.75) is 12.5 Å². The molecule has 1 aromatic rings. The molecule has 2 rings (SSSR count). The van der Waals surface area contributed by atoms with Gasteiger partial charge >= 0.3 is 0 Å². The first-order valence-electron chi connectivity index (χ1n) is 3.19. The van der Waals surface area contributed by atoms with Gasteiger partial charge in [-0.1, -0.05) is 0 Å². The first-order chi connectivity index (χ1) is 4.47. The summed E-state index contributed by atoms with van der Waals surface area (Å²) in [5.41, 5.74) is 1.21. The maximum atomic E-state index is 3.86. The smallest absolute Gasteiger partial charge is 0.0522 e. The highest BCUT2D eigenvalue weighted by Crippen LogP contribution is 2.19. The molecule has 1 aliphatic heterocycles. The maximum absolute atomic E-state index is 3.86. The summed E-state index contributed by atoms with van der Waals surface area (Å²) in [6, 6.07) is 2.56. The second-order valence-corrected chi connectivity index (χ2v) is 2.31. The summed E-state index contributed by atoms with van der Waals surface area (Å²) in [5, 5.41) is 10.1. The number of H-pyrrole nitrogens is 1. The summed E-state index contributed by atoms with van der Waals surface area (Å²) in [6.07, 6.45) is 3.03. The Morgan fingerprint density at radius 1 is 1.67 bits per heavy atom. The Morgan fingerprint density at radius 3 is 3.00 bits per heavy atom. The van der Waals surface area contributed by atoms with Crippen molar-refractivity contribution in [3.8, 4) is 0 Å². The average Bonchev–Trinajstić information content (AvgIpc) is 2.11. The topological polar surface area (TPSA) is 40.7 Å². The van der Waals surface area contributed by atoms with Gasteiger partial charge in [0.15, 0.2) is 0 Å². The minimum Gasteiger partial charge on any atom is -0.309 e. The SMILES string of the molecule is c1cc(C2CCN2)[nH]n1. The van der Waals surface area contributed by atoms with Crippen molar-refractivity contribution in [1.82, 2.24) is 15.5 Å². The lowest BCUT2D eigenvalue weighted by Crippen LogP contribution is -2.35. The van der Waals surface area contributed by atoms with Crippen molar-refractivity contribution in [1.29, 1.82) is 0 Å². The molecule has 1 unspecified atom stereocenters. The molecule has 9 heavy (non-hydrogen) atoms. The van der Waals surface area contributed by atoms with Gasteiger partial charge in [-0.2, -0.15) is 5.10 Å². The summed E-state index contributed by atoms with van der Waals surface area (Å²) >= 11 is 0. The fourth-order valence-corrected chi connectivity index (χ4v) is 1.01. The second-order valence-electron chi connectivity index (χ2n) is 2.31. The van der Waals surface area contributed by atoms with E-state index >= 15 is 0 Å². The van der Waals surface area contributed by atoms with Gasteiger partial charge < -0.3 is 5.32 Å². The van der Waals surface area contributed by atoms with Crippen molar-refractivity contribution >= 4 is 0 Å². The zero-order valence-corrected chi connectivity index (χ0v) is 5.09. The van der Waals surface area contributed by atoms with E-state index in [1.807, 2.05) is 6.07 Å². The highest BCUT2D eigenvalue weighted by atomic mass is 15.1. The van der Waals surface area contributed by atoms with E-state index in [1.54, 1.807) is 6.20 Å². The van der Waals surface area contributed by atoms with E-state index in [9.17, 15) is 0 Å². The molecule has 48 valence electrons. The van der Waals surface area contributed by atoms with E-state index in [1.165, 1.54) is 12.1 Å². The van der Waals surface area contributed by atoms with Crippen molar-refractivity contribution in [3.63, 3.8) is 0 Å². The average molecular weight is 123 g/mol. The summed E-state index contributed by atoms with van der Waals surface area (Å²) in [7, 11) is 0. The van der Waals surface area contributed by atoms with Gasteiger partial charge in [-0.15, -0.1) is 0 Å². The van der Waals surface area contributed by atoms with E-state index in [0.29, 0.717) is 6.04 Å². The van der Waals surface area contributed by atoms with Crippen LogP contribution in [0.4, 0.5) is 0 Å². The van der Waals surface area contributed by atoms with Crippen LogP contribution in [-0.2, 0) is 0 Å². The Hall–Kier alpha value is -0.830. The van der Waals surface area contributed by atoms with Gasteiger partial charge in [0.1, 0.15) is 0 Å². The molecular weight excluding hydrogens is 114 g/mol. The van der Waals surface area contributed by atoms with Crippen LogP contribution in [0.15, 0.2) is 12.3 Å². The third kappa shape index (κ3) is 0.733. The lowest BCUT2D eigenvalue weighted by atomic mass is 10.0. The summed E-state index contributed by atoms with van der Waals surface area (Å²) in [4.78, 5) is 0. The molecule has 1 fully saturated rings. The predicted octanol–water partition coefficient (Wildman–Crippen LogP) is 0.444. The number of nitrogens with one attached hydrogen (secondary N) is 2. The first kappa shape index (κ1) is 4.99. The van der Waals surface area contributed by atoms with Crippen molar-refractivity contribution < 1.29 is 0 Å². The molecule has 1 atom stereocenters. The Kier molecular flexibility index (Phi) is 1.02. The largest absolute Gasteiger partial charge is 0.309 e. The number of rotatable bonds is 1. The number of hydrogen-bond donors (Lipinski definition) is 2. The van der Waals surface area contributed by atoms with Crippen LogP contribution in [0.1, 0.15) is 18.2 Å². The predicted molar refractivity (Wildman–Crippen MR) is 33.9 cm³/mol. The Bertz CT molecular complexity index is 176. The zero-order valence-electron chi connectivity index (χ0n) is 5.09. The molecule has 1 aromatic heterocycles. The van der Waals surface area contributed by atoms with Gasteiger partial charge in [0.25, 0.3) is 0 Å². The van der Waals surface area contributed by atoms with Gasteiger partial charge in [0.05, 0.1) is 11.7 Å². The molecule has 0 spiro atoms. The number of aromatic amines is 1. The van der Waals surface area contributed by atoms with Crippen LogP contribution in [0.5, 0.6) is 0 Å². The summed E-state index contributed by atoms with van der Waals surface area (Å²) in [5.74, 6) is 0. The van der Waals surface area contributed by atoms with Crippen LogP contribution >= 0.6 is 0 Å². The molecule has 0 bridgehead atoms. The molecule has 0 aliphatic carbocycles. The van der Waals surface area contributed by atoms with E-state index in [0.717, 1.165) is 6.54 Å². The van der Waals surface area contributed by atoms with E-state index in [-0.39, 0.29) is 0 Å². The highest BCUT2D eigenvalue weighted by molar-refractivity contribution is 5.07. The quantitative estimate of drug-likeness (QED) is 0.569. The molecule has 0 radical (unpaired) electrons. The number of nitrogens with zero attached hydrogens (tertiary/aromatic N) is 1. The van der Waals surface area contributed by atoms with Gasteiger partial charge in [0, 0.05) is 6.20 Å².